The van der Waals surface area contributed by atoms with Gasteiger partial charge in [0.1, 0.15) is 5.82 Å². The highest BCUT2D eigenvalue weighted by atomic mass is 16.2. The van der Waals surface area contributed by atoms with Gasteiger partial charge in [-0.1, -0.05) is 12.8 Å². The molecule has 3 heterocycles. The summed E-state index contributed by atoms with van der Waals surface area (Å²) in [6.07, 6.45) is 9.39. The predicted octanol–water partition coefficient (Wildman–Crippen LogP) is 0.915. The minimum atomic E-state index is -0.114. The minimum absolute atomic E-state index is 0.102. The molecule has 2 fully saturated rings. The second-order valence-corrected chi connectivity index (χ2v) is 8.33. The number of amides is 1. The molecule has 26 heavy (non-hydrogen) atoms. The van der Waals surface area contributed by atoms with E-state index in [0.29, 0.717) is 18.9 Å². The molecule has 1 saturated carbocycles. The van der Waals surface area contributed by atoms with Gasteiger partial charge in [-0.25, -0.2) is 9.48 Å². The van der Waals surface area contributed by atoms with Crippen LogP contribution in [0.3, 0.4) is 0 Å². The van der Waals surface area contributed by atoms with Crippen LogP contribution < -0.4 is 11.0 Å². The number of likely N-dealkylation sites (tertiary alicyclic amines) is 1. The molecule has 1 saturated heterocycles. The van der Waals surface area contributed by atoms with Crippen molar-refractivity contribution in [1.29, 1.82) is 0 Å². The molecule has 1 aromatic rings. The lowest BCUT2D eigenvalue weighted by Crippen LogP contribution is -2.44. The van der Waals surface area contributed by atoms with E-state index < -0.39 is 0 Å². The molecular weight excluding hydrogens is 330 g/mol. The minimum Gasteiger partial charge on any atom is -0.356 e. The largest absolute Gasteiger partial charge is 0.356 e. The Balaban J connectivity index is 1.23. The topological polar surface area (TPSA) is 72.2 Å². The summed E-state index contributed by atoms with van der Waals surface area (Å²) in [6.45, 7) is 3.61. The van der Waals surface area contributed by atoms with Crippen LogP contribution in [0.1, 0.15) is 50.8 Å². The number of nitrogens with zero attached hydrogens (tertiary/aromatic N) is 4. The molecule has 1 aliphatic carbocycles. The molecule has 0 radical (unpaired) electrons. The number of aromatic nitrogens is 3. The second kappa shape index (κ2) is 7.55. The Morgan fingerprint density at radius 2 is 1.88 bits per heavy atom. The lowest BCUT2D eigenvalue weighted by Gasteiger charge is -2.36. The molecule has 1 N–H and O–H groups in total. The average Bonchev–Trinajstić information content (AvgIpc) is 3.29. The third-order valence-corrected chi connectivity index (χ3v) is 6.63. The molecule has 144 valence electrons. The number of aryl methyl sites for hydroxylation is 2. The van der Waals surface area contributed by atoms with Crippen molar-refractivity contribution in [2.45, 2.75) is 64.0 Å². The van der Waals surface area contributed by atoms with Crippen molar-refractivity contribution >= 4 is 5.91 Å². The number of nitrogens with one attached hydrogen (secondary N) is 1. The van der Waals surface area contributed by atoms with E-state index in [2.05, 4.69) is 15.3 Å². The fraction of sp³-hybridized carbons (Fsp3) is 0.842. The van der Waals surface area contributed by atoms with Crippen LogP contribution in [-0.4, -0.2) is 50.8 Å². The molecule has 7 nitrogen and oxygen atoms in total. The van der Waals surface area contributed by atoms with E-state index in [9.17, 15) is 9.59 Å². The maximum atomic E-state index is 12.6. The maximum absolute atomic E-state index is 12.6. The summed E-state index contributed by atoms with van der Waals surface area (Å²) in [5.74, 6) is 1.39. The smallest absolute Gasteiger partial charge is 0.345 e. The van der Waals surface area contributed by atoms with E-state index >= 15 is 0 Å². The zero-order valence-electron chi connectivity index (χ0n) is 15.8. The van der Waals surface area contributed by atoms with Crippen LogP contribution in [0.2, 0.25) is 0 Å². The van der Waals surface area contributed by atoms with E-state index in [-0.39, 0.29) is 17.5 Å². The normalized spacial score (nSPS) is 25.3. The fourth-order valence-corrected chi connectivity index (χ4v) is 4.93. The third kappa shape index (κ3) is 3.59. The standard InChI is InChI=1S/C19H31N5O2/c1-22-19(26)24-13-15(6-7-17(24)21-22)18(25)20-12-14-8-10-23(11-9-14)16-4-2-3-5-16/h14-16H,2-13H2,1H3,(H,20,25)/t15-/m0/s1. The van der Waals surface area contributed by atoms with E-state index in [1.807, 2.05) is 0 Å². The first-order valence-corrected chi connectivity index (χ1v) is 10.3. The number of fused-ring (bicyclic) bond motifs is 1. The maximum Gasteiger partial charge on any atom is 0.345 e. The zero-order valence-corrected chi connectivity index (χ0v) is 15.8. The van der Waals surface area contributed by atoms with Crippen molar-refractivity contribution in [1.82, 2.24) is 24.6 Å². The summed E-state index contributed by atoms with van der Waals surface area (Å²) in [4.78, 5) is 27.3. The molecular formula is C19H31N5O2. The molecule has 7 heteroatoms. The molecule has 2 aliphatic heterocycles. The lowest BCUT2D eigenvalue weighted by molar-refractivity contribution is -0.126. The molecule has 0 spiro atoms. The van der Waals surface area contributed by atoms with Gasteiger partial charge in [-0.3, -0.25) is 9.36 Å². The van der Waals surface area contributed by atoms with Crippen LogP contribution >= 0.6 is 0 Å². The zero-order chi connectivity index (χ0) is 18.1. The van der Waals surface area contributed by atoms with Gasteiger partial charge in [-0.15, -0.1) is 0 Å². The summed E-state index contributed by atoms with van der Waals surface area (Å²) in [6, 6.07) is 0.819. The van der Waals surface area contributed by atoms with Crippen LogP contribution in [-0.2, 0) is 24.8 Å². The highest BCUT2D eigenvalue weighted by Gasteiger charge is 2.30. The third-order valence-electron chi connectivity index (χ3n) is 6.63. The molecule has 3 aliphatic rings. The van der Waals surface area contributed by atoms with Crippen LogP contribution in [0, 0.1) is 11.8 Å². The number of piperidine rings is 1. The molecule has 1 atom stereocenters. The first kappa shape index (κ1) is 17.8. The molecule has 0 bridgehead atoms. The van der Waals surface area contributed by atoms with Gasteiger partial charge >= 0.3 is 5.69 Å². The van der Waals surface area contributed by atoms with Gasteiger partial charge < -0.3 is 10.2 Å². The van der Waals surface area contributed by atoms with E-state index in [1.54, 1.807) is 11.6 Å². The number of hydrogen-bond donors (Lipinski definition) is 1. The summed E-state index contributed by atoms with van der Waals surface area (Å²) < 4.78 is 3.03. The first-order chi connectivity index (χ1) is 12.6. The monoisotopic (exact) mass is 361 g/mol. The highest BCUT2D eigenvalue weighted by Crippen LogP contribution is 2.27. The van der Waals surface area contributed by atoms with E-state index in [0.717, 1.165) is 24.8 Å². The van der Waals surface area contributed by atoms with Gasteiger partial charge in [0.2, 0.25) is 5.91 Å². The van der Waals surface area contributed by atoms with Crippen molar-refractivity contribution in [2.75, 3.05) is 19.6 Å². The Hall–Kier alpha value is -1.63. The number of carbonyl (C=O) groups excluding carboxylic acids is 1. The van der Waals surface area contributed by atoms with Crippen LogP contribution in [0.5, 0.6) is 0 Å². The Labute approximate surface area is 154 Å². The molecule has 0 aromatic carbocycles. The first-order valence-electron chi connectivity index (χ1n) is 10.3. The van der Waals surface area contributed by atoms with Crippen LogP contribution in [0.25, 0.3) is 0 Å². The number of hydrogen-bond acceptors (Lipinski definition) is 4. The lowest BCUT2D eigenvalue weighted by atomic mass is 9.94. The second-order valence-electron chi connectivity index (χ2n) is 8.33. The highest BCUT2D eigenvalue weighted by molar-refractivity contribution is 5.78. The molecule has 1 aromatic heterocycles. The van der Waals surface area contributed by atoms with Gasteiger partial charge in [0.15, 0.2) is 0 Å². The average molecular weight is 361 g/mol. The number of rotatable bonds is 4. The Morgan fingerprint density at radius 1 is 1.15 bits per heavy atom. The number of carbonyl (C=O) groups is 1. The van der Waals surface area contributed by atoms with Gasteiger partial charge in [0.25, 0.3) is 0 Å². The summed E-state index contributed by atoms with van der Waals surface area (Å²) >= 11 is 0. The van der Waals surface area contributed by atoms with Crippen molar-refractivity contribution in [3.05, 3.63) is 16.3 Å². The van der Waals surface area contributed by atoms with Gasteiger partial charge in [-0.05, 0) is 51.1 Å². The van der Waals surface area contributed by atoms with Crippen molar-refractivity contribution in [2.24, 2.45) is 18.9 Å². The van der Waals surface area contributed by atoms with Crippen LogP contribution in [0.15, 0.2) is 4.79 Å². The predicted molar refractivity (Wildman–Crippen MR) is 98.8 cm³/mol. The van der Waals surface area contributed by atoms with Crippen molar-refractivity contribution in [3.8, 4) is 0 Å². The van der Waals surface area contributed by atoms with E-state index in [1.165, 1.54) is 56.3 Å². The Kier molecular flexibility index (Phi) is 5.16. The van der Waals surface area contributed by atoms with Gasteiger partial charge in [0.05, 0.1) is 5.92 Å². The summed E-state index contributed by atoms with van der Waals surface area (Å²) in [5.41, 5.74) is -0.114. The van der Waals surface area contributed by atoms with Gasteiger partial charge in [-0.2, -0.15) is 5.10 Å². The molecule has 4 rings (SSSR count). The van der Waals surface area contributed by atoms with Crippen molar-refractivity contribution < 1.29 is 4.79 Å². The fourth-order valence-electron chi connectivity index (χ4n) is 4.93. The quantitative estimate of drug-likeness (QED) is 0.865. The summed E-state index contributed by atoms with van der Waals surface area (Å²) in [5, 5.41) is 7.40. The molecule has 0 unspecified atom stereocenters. The Morgan fingerprint density at radius 3 is 2.62 bits per heavy atom. The van der Waals surface area contributed by atoms with Crippen molar-refractivity contribution in [3.63, 3.8) is 0 Å². The SMILES string of the molecule is Cn1nc2n(c1=O)C[C@@H](C(=O)NCC1CCN(C3CCCC3)CC1)CC2. The Bertz CT molecular complexity index is 695. The van der Waals surface area contributed by atoms with Gasteiger partial charge in [0, 0.05) is 32.6 Å². The van der Waals surface area contributed by atoms with Crippen LogP contribution in [0.4, 0.5) is 0 Å². The summed E-state index contributed by atoms with van der Waals surface area (Å²) in [7, 11) is 1.67. The molecule has 1 amide bonds. The van der Waals surface area contributed by atoms with E-state index in [4.69, 9.17) is 0 Å².